The van der Waals surface area contributed by atoms with Gasteiger partial charge in [-0.3, -0.25) is 4.79 Å². The standard InChI is InChI=1S/C20H20N4O/c1-14(2)15-8-10-18(11-9-15)23-19(25)16-12-21-20(22-13-16)24-17-6-4-3-5-7-17/h3-14H,1-2H3,(H,23,25)(H,21,22,24). The number of anilines is 3. The molecule has 126 valence electrons. The summed E-state index contributed by atoms with van der Waals surface area (Å²) < 4.78 is 0. The fourth-order valence-electron chi connectivity index (χ4n) is 2.32. The highest BCUT2D eigenvalue weighted by atomic mass is 16.1. The maximum atomic E-state index is 12.3. The van der Waals surface area contributed by atoms with Crippen LogP contribution < -0.4 is 10.6 Å². The Morgan fingerprint density at radius 3 is 2.12 bits per heavy atom. The van der Waals surface area contributed by atoms with Crippen molar-refractivity contribution in [3.8, 4) is 0 Å². The minimum absolute atomic E-state index is 0.233. The van der Waals surface area contributed by atoms with Gasteiger partial charge >= 0.3 is 0 Å². The predicted molar refractivity (Wildman–Crippen MR) is 100 cm³/mol. The van der Waals surface area contributed by atoms with Crippen LogP contribution in [0.2, 0.25) is 0 Å². The third kappa shape index (κ3) is 4.41. The van der Waals surface area contributed by atoms with Crippen LogP contribution in [0, 0.1) is 0 Å². The second-order valence-electron chi connectivity index (χ2n) is 6.02. The number of benzene rings is 2. The van der Waals surface area contributed by atoms with Gasteiger partial charge in [0.25, 0.3) is 5.91 Å². The number of para-hydroxylation sites is 1. The SMILES string of the molecule is CC(C)c1ccc(NC(=O)c2cnc(Nc3ccccc3)nc2)cc1. The average molecular weight is 332 g/mol. The third-order valence-corrected chi connectivity index (χ3v) is 3.78. The molecule has 1 heterocycles. The second kappa shape index (κ2) is 7.57. The topological polar surface area (TPSA) is 66.9 Å². The van der Waals surface area contributed by atoms with Crippen molar-refractivity contribution in [1.29, 1.82) is 0 Å². The van der Waals surface area contributed by atoms with Crippen LogP contribution in [0.5, 0.6) is 0 Å². The smallest absolute Gasteiger partial charge is 0.258 e. The molecule has 0 radical (unpaired) electrons. The molecule has 2 N–H and O–H groups in total. The molecule has 3 aromatic rings. The fraction of sp³-hybridized carbons (Fsp3) is 0.150. The first kappa shape index (κ1) is 16.6. The summed E-state index contributed by atoms with van der Waals surface area (Å²) in [6.45, 7) is 4.27. The summed E-state index contributed by atoms with van der Waals surface area (Å²) in [7, 11) is 0. The van der Waals surface area contributed by atoms with Gasteiger partial charge in [-0.15, -0.1) is 0 Å². The summed E-state index contributed by atoms with van der Waals surface area (Å²) in [6, 6.07) is 17.5. The molecule has 0 atom stereocenters. The zero-order valence-corrected chi connectivity index (χ0v) is 14.2. The van der Waals surface area contributed by atoms with E-state index in [9.17, 15) is 4.79 Å². The summed E-state index contributed by atoms with van der Waals surface area (Å²) >= 11 is 0. The maximum absolute atomic E-state index is 12.3. The van der Waals surface area contributed by atoms with Gasteiger partial charge in [0.1, 0.15) is 0 Å². The number of carbonyl (C=O) groups excluding carboxylic acids is 1. The maximum Gasteiger partial charge on any atom is 0.258 e. The van der Waals surface area contributed by atoms with E-state index in [1.54, 1.807) is 0 Å². The molecule has 25 heavy (non-hydrogen) atoms. The Kier molecular flexibility index (Phi) is 5.04. The first-order valence-corrected chi connectivity index (χ1v) is 8.17. The lowest BCUT2D eigenvalue weighted by molar-refractivity contribution is 0.102. The number of amides is 1. The van der Waals surface area contributed by atoms with Crippen LogP contribution in [-0.4, -0.2) is 15.9 Å². The highest BCUT2D eigenvalue weighted by Gasteiger charge is 2.08. The predicted octanol–water partition coefficient (Wildman–Crippen LogP) is 4.60. The molecular weight excluding hydrogens is 312 g/mol. The summed E-state index contributed by atoms with van der Waals surface area (Å²) in [6.07, 6.45) is 3.02. The van der Waals surface area contributed by atoms with E-state index >= 15 is 0 Å². The molecule has 0 unspecified atom stereocenters. The van der Waals surface area contributed by atoms with Gasteiger partial charge in [-0.05, 0) is 35.7 Å². The number of carbonyl (C=O) groups is 1. The van der Waals surface area contributed by atoms with E-state index in [0.29, 0.717) is 17.4 Å². The van der Waals surface area contributed by atoms with Gasteiger partial charge in [-0.2, -0.15) is 0 Å². The number of aromatic nitrogens is 2. The van der Waals surface area contributed by atoms with Crippen LogP contribution in [0.15, 0.2) is 67.0 Å². The minimum Gasteiger partial charge on any atom is -0.324 e. The van der Waals surface area contributed by atoms with Gasteiger partial charge in [-0.1, -0.05) is 44.2 Å². The van der Waals surface area contributed by atoms with Crippen LogP contribution in [-0.2, 0) is 0 Å². The van der Waals surface area contributed by atoms with Gasteiger partial charge < -0.3 is 10.6 Å². The second-order valence-corrected chi connectivity index (χ2v) is 6.02. The van der Waals surface area contributed by atoms with Crippen LogP contribution >= 0.6 is 0 Å². The van der Waals surface area contributed by atoms with E-state index in [2.05, 4.69) is 34.4 Å². The summed E-state index contributed by atoms with van der Waals surface area (Å²) in [5.74, 6) is 0.676. The van der Waals surface area contributed by atoms with Crippen LogP contribution in [0.1, 0.15) is 35.7 Å². The summed E-state index contributed by atoms with van der Waals surface area (Å²) in [4.78, 5) is 20.7. The molecule has 5 nitrogen and oxygen atoms in total. The Hall–Kier alpha value is -3.21. The van der Waals surface area contributed by atoms with E-state index in [4.69, 9.17) is 0 Å². The average Bonchev–Trinajstić information content (AvgIpc) is 2.63. The van der Waals surface area contributed by atoms with Gasteiger partial charge in [-0.25, -0.2) is 9.97 Å². The number of nitrogens with zero attached hydrogens (tertiary/aromatic N) is 2. The lowest BCUT2D eigenvalue weighted by atomic mass is 10.0. The van der Waals surface area contributed by atoms with Crippen molar-refractivity contribution >= 4 is 23.2 Å². The van der Waals surface area contributed by atoms with Gasteiger partial charge in [0, 0.05) is 23.8 Å². The molecule has 1 aromatic heterocycles. The van der Waals surface area contributed by atoms with Crippen molar-refractivity contribution in [2.75, 3.05) is 10.6 Å². The van der Waals surface area contributed by atoms with Gasteiger partial charge in [0.05, 0.1) is 5.56 Å². The largest absolute Gasteiger partial charge is 0.324 e. The van der Waals surface area contributed by atoms with E-state index in [1.165, 1.54) is 18.0 Å². The lowest BCUT2D eigenvalue weighted by Gasteiger charge is -2.09. The lowest BCUT2D eigenvalue weighted by Crippen LogP contribution is -2.13. The Morgan fingerprint density at radius 1 is 0.880 bits per heavy atom. The van der Waals surface area contributed by atoms with Crippen molar-refractivity contribution < 1.29 is 4.79 Å². The third-order valence-electron chi connectivity index (χ3n) is 3.78. The van der Waals surface area contributed by atoms with E-state index in [0.717, 1.165) is 11.4 Å². The van der Waals surface area contributed by atoms with Crippen LogP contribution in [0.4, 0.5) is 17.3 Å². The number of nitrogens with one attached hydrogen (secondary N) is 2. The molecule has 0 saturated carbocycles. The molecule has 0 fully saturated rings. The Morgan fingerprint density at radius 2 is 1.52 bits per heavy atom. The molecule has 0 spiro atoms. The van der Waals surface area contributed by atoms with Gasteiger partial charge in [0.2, 0.25) is 5.95 Å². The first-order chi connectivity index (χ1) is 12.1. The Bertz CT molecular complexity index is 828. The van der Waals surface area contributed by atoms with Crippen LogP contribution in [0.3, 0.4) is 0 Å². The zero-order valence-electron chi connectivity index (χ0n) is 14.2. The number of hydrogen-bond acceptors (Lipinski definition) is 4. The van der Waals surface area contributed by atoms with Crippen molar-refractivity contribution in [3.05, 3.63) is 78.1 Å². The monoisotopic (exact) mass is 332 g/mol. The quantitative estimate of drug-likeness (QED) is 0.717. The highest BCUT2D eigenvalue weighted by molar-refractivity contribution is 6.03. The van der Waals surface area contributed by atoms with Crippen molar-refractivity contribution in [2.45, 2.75) is 19.8 Å². The van der Waals surface area contributed by atoms with Crippen molar-refractivity contribution in [2.24, 2.45) is 0 Å². The molecule has 5 heteroatoms. The molecule has 0 bridgehead atoms. The molecule has 0 aliphatic heterocycles. The normalized spacial score (nSPS) is 10.5. The number of hydrogen-bond donors (Lipinski definition) is 2. The molecule has 3 rings (SSSR count). The first-order valence-electron chi connectivity index (χ1n) is 8.17. The Balaban J connectivity index is 1.64. The molecule has 2 aromatic carbocycles. The number of rotatable bonds is 5. The molecule has 1 amide bonds. The van der Waals surface area contributed by atoms with Crippen molar-refractivity contribution in [3.63, 3.8) is 0 Å². The van der Waals surface area contributed by atoms with Gasteiger partial charge in [0.15, 0.2) is 0 Å². The minimum atomic E-state index is -0.233. The summed E-state index contributed by atoms with van der Waals surface area (Å²) in [5, 5.41) is 5.94. The highest BCUT2D eigenvalue weighted by Crippen LogP contribution is 2.18. The molecular formula is C20H20N4O. The molecule has 0 aliphatic rings. The van der Waals surface area contributed by atoms with E-state index in [1.807, 2.05) is 54.6 Å². The van der Waals surface area contributed by atoms with Crippen molar-refractivity contribution in [1.82, 2.24) is 9.97 Å². The molecule has 0 saturated heterocycles. The molecule has 0 aliphatic carbocycles. The summed E-state index contributed by atoms with van der Waals surface area (Å²) in [5.41, 5.74) is 3.29. The van der Waals surface area contributed by atoms with Crippen LogP contribution in [0.25, 0.3) is 0 Å². The van der Waals surface area contributed by atoms with E-state index in [-0.39, 0.29) is 5.91 Å². The Labute approximate surface area is 147 Å². The fourth-order valence-corrected chi connectivity index (χ4v) is 2.32. The zero-order chi connectivity index (χ0) is 17.6. The van der Waals surface area contributed by atoms with E-state index < -0.39 is 0 Å².